The number of anilines is 3. The van der Waals surface area contributed by atoms with E-state index in [1.54, 1.807) is 0 Å². The van der Waals surface area contributed by atoms with E-state index >= 15 is 0 Å². The zero-order valence-electron chi connectivity index (χ0n) is 32.3. The van der Waals surface area contributed by atoms with E-state index in [9.17, 15) is 0 Å². The number of hydrogen-bond donors (Lipinski definition) is 0. The summed E-state index contributed by atoms with van der Waals surface area (Å²) in [7, 11) is -2.66. The average molecular weight is 756 g/mol. The third-order valence-corrected chi connectivity index (χ3v) is 18.6. The molecule has 13 rings (SSSR count). The summed E-state index contributed by atoms with van der Waals surface area (Å²) < 4.78 is 6.85. The fourth-order valence-electron chi connectivity index (χ4n) is 11.5. The zero-order valence-corrected chi connectivity index (χ0v) is 33.3. The van der Waals surface area contributed by atoms with Crippen molar-refractivity contribution in [1.29, 1.82) is 0 Å². The van der Waals surface area contributed by atoms with Crippen LogP contribution in [0, 0.1) is 13.8 Å². The quantitative estimate of drug-likeness (QED) is 0.155. The van der Waals surface area contributed by atoms with Crippen molar-refractivity contribution >= 4 is 56.7 Å². The lowest BCUT2D eigenvalue weighted by atomic mass is 9.60. The van der Waals surface area contributed by atoms with Crippen molar-refractivity contribution in [3.8, 4) is 33.8 Å². The smallest absolute Gasteiger partial charge is 0.182 e. The lowest BCUT2D eigenvalue weighted by molar-refractivity contribution is 0.434. The van der Waals surface area contributed by atoms with E-state index in [1.165, 1.54) is 104 Å². The van der Waals surface area contributed by atoms with Gasteiger partial charge in [-0.2, -0.15) is 0 Å². The maximum Gasteiger partial charge on any atom is 0.182 e. The molecule has 0 bridgehead atoms. The number of benzene rings is 9. The average Bonchev–Trinajstić information content (AvgIpc) is 3.74. The second-order valence-corrected chi connectivity index (χ2v) is 20.2. The molecule has 2 nitrogen and oxygen atoms in total. The second kappa shape index (κ2) is 11.3. The van der Waals surface area contributed by atoms with Gasteiger partial charge in [-0.15, -0.1) is 0 Å². The fraction of sp³-hybridized carbons (Fsp3) is 0.0545. The summed E-state index contributed by atoms with van der Waals surface area (Å²) in [6.07, 6.45) is 0. The summed E-state index contributed by atoms with van der Waals surface area (Å²) in [6, 6.07) is 71.3. The molecule has 0 aliphatic carbocycles. The Morgan fingerprint density at radius 2 is 0.983 bits per heavy atom. The SMILES string of the molecule is Cc1ccc2c(c1)C1(c3cc(C)ccc3O2)c2ccccc2N(c2ccc3c(c2)[Si]2(c4ccccc4-c4ccccc42)c2ccccc2-3)c2ccc3ccccc3c21. The van der Waals surface area contributed by atoms with Crippen molar-refractivity contribution in [3.05, 3.63) is 221 Å². The van der Waals surface area contributed by atoms with E-state index in [2.05, 4.69) is 207 Å². The first kappa shape index (κ1) is 32.2. The Kier molecular flexibility index (Phi) is 6.29. The highest BCUT2D eigenvalue weighted by Gasteiger charge is 2.55. The number of hydrogen-bond acceptors (Lipinski definition) is 2. The topological polar surface area (TPSA) is 12.5 Å². The fourth-order valence-corrected chi connectivity index (χ4v) is 17.1. The number of rotatable bonds is 1. The molecule has 4 aliphatic heterocycles. The van der Waals surface area contributed by atoms with Gasteiger partial charge >= 0.3 is 0 Å². The molecule has 0 radical (unpaired) electrons. The Balaban J connectivity index is 1.16. The van der Waals surface area contributed by atoms with Gasteiger partial charge in [0.2, 0.25) is 0 Å². The Bertz CT molecular complexity index is 3150. The van der Waals surface area contributed by atoms with Crippen molar-refractivity contribution in [3.63, 3.8) is 0 Å². The first-order chi connectivity index (χ1) is 28.6. The summed E-state index contributed by atoms with van der Waals surface area (Å²) in [4.78, 5) is 2.57. The maximum atomic E-state index is 6.85. The number of para-hydroxylation sites is 1. The van der Waals surface area contributed by atoms with Crippen LogP contribution in [-0.4, -0.2) is 8.07 Å². The van der Waals surface area contributed by atoms with Gasteiger partial charge in [-0.25, -0.2) is 0 Å². The van der Waals surface area contributed by atoms with Crippen LogP contribution in [0.25, 0.3) is 33.0 Å². The van der Waals surface area contributed by atoms with Crippen LogP contribution in [0.1, 0.15) is 33.4 Å². The van der Waals surface area contributed by atoms with Crippen LogP contribution in [-0.2, 0) is 5.41 Å². The van der Waals surface area contributed by atoms with E-state index in [4.69, 9.17) is 4.74 Å². The molecule has 4 aliphatic rings. The van der Waals surface area contributed by atoms with Crippen molar-refractivity contribution in [2.75, 3.05) is 4.90 Å². The molecule has 2 spiro atoms. The molecule has 0 fully saturated rings. The minimum atomic E-state index is -2.66. The molecule has 3 heteroatoms. The monoisotopic (exact) mass is 755 g/mol. The Hall–Kier alpha value is -6.94. The lowest BCUT2D eigenvalue weighted by Gasteiger charge is -2.49. The highest BCUT2D eigenvalue weighted by Crippen LogP contribution is 2.64. The van der Waals surface area contributed by atoms with Crippen LogP contribution in [0.5, 0.6) is 11.5 Å². The van der Waals surface area contributed by atoms with E-state index < -0.39 is 13.5 Å². The van der Waals surface area contributed by atoms with Crippen molar-refractivity contribution in [2.24, 2.45) is 0 Å². The molecule has 0 unspecified atom stereocenters. The highest BCUT2D eigenvalue weighted by molar-refractivity contribution is 7.24. The number of fused-ring (bicyclic) bond motifs is 20. The predicted molar refractivity (Wildman–Crippen MR) is 242 cm³/mol. The largest absolute Gasteiger partial charge is 0.457 e. The van der Waals surface area contributed by atoms with Crippen molar-refractivity contribution in [2.45, 2.75) is 19.3 Å². The number of nitrogens with zero attached hydrogens (tertiary/aromatic N) is 1. The van der Waals surface area contributed by atoms with Crippen LogP contribution in [0.4, 0.5) is 17.1 Å². The zero-order chi connectivity index (χ0) is 38.3. The third-order valence-electron chi connectivity index (χ3n) is 13.6. The van der Waals surface area contributed by atoms with Crippen molar-refractivity contribution < 1.29 is 4.74 Å². The summed E-state index contributed by atoms with van der Waals surface area (Å²) in [5, 5.41) is 8.42. The van der Waals surface area contributed by atoms with Gasteiger partial charge in [0.05, 0.1) is 16.8 Å². The molecule has 0 amide bonds. The number of aryl methyl sites for hydroxylation is 2. The van der Waals surface area contributed by atoms with Crippen LogP contribution < -0.4 is 30.4 Å². The summed E-state index contributed by atoms with van der Waals surface area (Å²) in [5.74, 6) is 1.82. The molecule has 0 atom stereocenters. The van der Waals surface area contributed by atoms with Gasteiger partial charge in [-0.1, -0.05) is 163 Å². The summed E-state index contributed by atoms with van der Waals surface area (Å²) >= 11 is 0. The minimum Gasteiger partial charge on any atom is -0.457 e. The third kappa shape index (κ3) is 3.83. The van der Waals surface area contributed by atoms with Gasteiger partial charge in [-0.05, 0) is 110 Å². The predicted octanol–water partition coefficient (Wildman–Crippen LogP) is 11.1. The Morgan fingerprint density at radius 1 is 0.431 bits per heavy atom. The molecule has 0 N–H and O–H groups in total. The highest BCUT2D eigenvalue weighted by atomic mass is 28.3. The molecule has 0 saturated carbocycles. The van der Waals surface area contributed by atoms with Crippen LogP contribution in [0.3, 0.4) is 0 Å². The molecule has 0 saturated heterocycles. The van der Waals surface area contributed by atoms with E-state index in [0.717, 1.165) is 11.5 Å². The van der Waals surface area contributed by atoms with Crippen LogP contribution in [0.15, 0.2) is 188 Å². The standard InChI is InChI=1S/C55H37NOSi/c1-34-23-29-48-44(31-34)55(45-32-35(2)24-30-49(45)57-48)43-18-8-9-19-46(43)56(47-28-25-36-13-3-4-14-38(36)54(47)55)37-26-27-42-41-17-7-12-22-52(41)58(53(42)33-37)50-20-10-5-15-39(50)40-16-6-11-21-51(40)58/h3-33H,1-2H3. The van der Waals surface area contributed by atoms with Gasteiger partial charge in [-0.3, -0.25) is 0 Å². The van der Waals surface area contributed by atoms with E-state index in [1.807, 2.05) is 0 Å². The van der Waals surface area contributed by atoms with Gasteiger partial charge in [0.15, 0.2) is 8.07 Å². The van der Waals surface area contributed by atoms with E-state index in [-0.39, 0.29) is 0 Å². The summed E-state index contributed by atoms with van der Waals surface area (Å²) in [6.45, 7) is 4.40. The molecule has 9 aromatic rings. The molecular weight excluding hydrogens is 719 g/mol. The molecule has 9 aromatic carbocycles. The Morgan fingerprint density at radius 3 is 1.64 bits per heavy atom. The van der Waals surface area contributed by atoms with Gasteiger partial charge in [0.25, 0.3) is 0 Å². The molecule has 272 valence electrons. The summed E-state index contributed by atoms with van der Waals surface area (Å²) in [5.41, 5.74) is 15.7. The van der Waals surface area contributed by atoms with Crippen LogP contribution in [0.2, 0.25) is 0 Å². The second-order valence-electron chi connectivity index (χ2n) is 16.5. The van der Waals surface area contributed by atoms with Crippen LogP contribution >= 0.6 is 0 Å². The molecule has 4 heterocycles. The molecular formula is C55H37NOSi. The first-order valence-corrected chi connectivity index (χ1v) is 22.3. The van der Waals surface area contributed by atoms with Crippen molar-refractivity contribution in [1.82, 2.24) is 0 Å². The lowest BCUT2D eigenvalue weighted by Crippen LogP contribution is -2.70. The molecule has 58 heavy (non-hydrogen) atoms. The van der Waals surface area contributed by atoms with E-state index in [0.29, 0.717) is 0 Å². The van der Waals surface area contributed by atoms with Gasteiger partial charge < -0.3 is 9.64 Å². The van der Waals surface area contributed by atoms with Gasteiger partial charge in [0.1, 0.15) is 11.5 Å². The van der Waals surface area contributed by atoms with Gasteiger partial charge in [0, 0.05) is 22.4 Å². The normalized spacial score (nSPS) is 15.1. The Labute approximate surface area is 339 Å². The molecule has 0 aromatic heterocycles. The first-order valence-electron chi connectivity index (χ1n) is 20.3. The maximum absolute atomic E-state index is 6.85. The number of ether oxygens (including phenoxy) is 1. The minimum absolute atomic E-state index is 0.642.